The van der Waals surface area contributed by atoms with E-state index in [1.165, 1.54) is 0 Å². The van der Waals surface area contributed by atoms with E-state index in [1.54, 1.807) is 20.3 Å². The van der Waals surface area contributed by atoms with Gasteiger partial charge in [-0.15, -0.1) is 0 Å². The molecule has 0 radical (unpaired) electrons. The Bertz CT molecular complexity index is 446. The number of rotatable bonds is 3. The highest BCUT2D eigenvalue weighted by Gasteiger charge is 2.26. The van der Waals surface area contributed by atoms with E-state index in [0.29, 0.717) is 24.3 Å². The minimum atomic E-state index is -0.238. The summed E-state index contributed by atoms with van der Waals surface area (Å²) in [6.45, 7) is 0. The Kier molecular flexibility index (Phi) is 3.50. The summed E-state index contributed by atoms with van der Waals surface area (Å²) in [6.07, 6.45) is 0.615. The molecule has 0 bridgehead atoms. The zero-order chi connectivity index (χ0) is 13.1. The molecule has 5 nitrogen and oxygen atoms in total. The molecule has 96 valence electrons. The molecule has 1 aliphatic heterocycles. The minimum absolute atomic E-state index is 0.116. The fourth-order valence-corrected chi connectivity index (χ4v) is 2.08. The lowest BCUT2D eigenvalue weighted by Gasteiger charge is -2.22. The number of amides is 2. The van der Waals surface area contributed by atoms with E-state index < -0.39 is 0 Å². The van der Waals surface area contributed by atoms with Crippen LogP contribution in [0.15, 0.2) is 18.2 Å². The second-order valence-electron chi connectivity index (χ2n) is 4.22. The fraction of sp³-hybridized carbons (Fsp3) is 0.385. The van der Waals surface area contributed by atoms with Crippen LogP contribution >= 0.6 is 0 Å². The number of hydrogen-bond donors (Lipinski definition) is 1. The maximum absolute atomic E-state index is 11.4. The predicted octanol–water partition coefficient (Wildman–Crippen LogP) is 1.22. The van der Waals surface area contributed by atoms with Gasteiger partial charge in [-0.2, -0.15) is 0 Å². The van der Waals surface area contributed by atoms with Gasteiger partial charge in [0.15, 0.2) is 0 Å². The Morgan fingerprint density at radius 3 is 1.94 bits per heavy atom. The standard InChI is InChI=1S/C13H15NO4/c1-17-10-3-8(4-11(7-10)18-2)9-5-12(15)14-13(16)6-9/h3-4,7,9H,5-6H2,1-2H3,(H,14,15,16). The van der Waals surface area contributed by atoms with Crippen LogP contribution < -0.4 is 14.8 Å². The van der Waals surface area contributed by atoms with Gasteiger partial charge in [0.05, 0.1) is 14.2 Å². The number of nitrogens with one attached hydrogen (secondary N) is 1. The first-order valence-electron chi connectivity index (χ1n) is 5.68. The van der Waals surface area contributed by atoms with Crippen LogP contribution in [0, 0.1) is 0 Å². The van der Waals surface area contributed by atoms with Crippen LogP contribution in [0.4, 0.5) is 0 Å². The van der Waals surface area contributed by atoms with Gasteiger partial charge in [0.1, 0.15) is 11.5 Å². The van der Waals surface area contributed by atoms with Gasteiger partial charge >= 0.3 is 0 Å². The zero-order valence-electron chi connectivity index (χ0n) is 10.4. The molecule has 0 aromatic heterocycles. The molecule has 1 N–H and O–H groups in total. The van der Waals surface area contributed by atoms with Crippen LogP contribution in [0.25, 0.3) is 0 Å². The normalized spacial score (nSPS) is 16.3. The van der Waals surface area contributed by atoms with E-state index in [9.17, 15) is 9.59 Å². The van der Waals surface area contributed by atoms with Crippen molar-refractivity contribution in [3.05, 3.63) is 23.8 Å². The summed E-state index contributed by atoms with van der Waals surface area (Å²) in [5.74, 6) is 0.719. The van der Waals surface area contributed by atoms with Gasteiger partial charge in [0, 0.05) is 24.8 Å². The number of methoxy groups -OCH3 is 2. The van der Waals surface area contributed by atoms with Gasteiger partial charge in [-0.3, -0.25) is 14.9 Å². The summed E-state index contributed by atoms with van der Waals surface area (Å²) in [7, 11) is 3.13. The molecule has 0 unspecified atom stereocenters. The number of piperidine rings is 1. The average Bonchev–Trinajstić information content (AvgIpc) is 2.37. The fourth-order valence-electron chi connectivity index (χ4n) is 2.08. The Morgan fingerprint density at radius 1 is 1.00 bits per heavy atom. The topological polar surface area (TPSA) is 64.6 Å². The summed E-state index contributed by atoms with van der Waals surface area (Å²) >= 11 is 0. The quantitative estimate of drug-likeness (QED) is 0.818. The van der Waals surface area contributed by atoms with Crippen LogP contribution in [0.5, 0.6) is 11.5 Å². The first-order valence-corrected chi connectivity index (χ1v) is 5.68. The molecule has 0 aliphatic carbocycles. The van der Waals surface area contributed by atoms with Gasteiger partial charge in [0.25, 0.3) is 0 Å². The summed E-state index contributed by atoms with van der Waals surface area (Å²) < 4.78 is 10.4. The molecule has 18 heavy (non-hydrogen) atoms. The second kappa shape index (κ2) is 5.08. The maximum atomic E-state index is 11.4. The summed E-state index contributed by atoms with van der Waals surface area (Å²) in [6, 6.07) is 5.42. The summed E-state index contributed by atoms with van der Waals surface area (Å²) in [5, 5.41) is 2.30. The maximum Gasteiger partial charge on any atom is 0.227 e. The number of ether oxygens (including phenoxy) is 2. The first-order chi connectivity index (χ1) is 8.62. The van der Waals surface area contributed by atoms with Crippen molar-refractivity contribution in [1.29, 1.82) is 0 Å². The Labute approximate surface area is 105 Å². The molecule has 2 amide bonds. The summed E-state index contributed by atoms with van der Waals surface area (Å²) in [4.78, 5) is 22.7. The van der Waals surface area contributed by atoms with Crippen molar-refractivity contribution in [2.45, 2.75) is 18.8 Å². The molecule has 1 fully saturated rings. The minimum Gasteiger partial charge on any atom is -0.497 e. The van der Waals surface area contributed by atoms with E-state index in [4.69, 9.17) is 9.47 Å². The van der Waals surface area contributed by atoms with Gasteiger partial charge in [-0.05, 0) is 17.7 Å². The molecular weight excluding hydrogens is 234 g/mol. The Morgan fingerprint density at radius 2 is 1.50 bits per heavy atom. The predicted molar refractivity (Wildman–Crippen MR) is 64.7 cm³/mol. The average molecular weight is 249 g/mol. The van der Waals surface area contributed by atoms with Crippen LogP contribution in [0.3, 0.4) is 0 Å². The van der Waals surface area contributed by atoms with E-state index in [2.05, 4.69) is 5.32 Å². The summed E-state index contributed by atoms with van der Waals surface area (Å²) in [5.41, 5.74) is 0.884. The molecule has 5 heteroatoms. The van der Waals surface area contributed by atoms with E-state index >= 15 is 0 Å². The third-order valence-corrected chi connectivity index (χ3v) is 2.99. The number of carbonyl (C=O) groups excluding carboxylic acids is 2. The molecule has 0 atom stereocenters. The zero-order valence-corrected chi connectivity index (χ0v) is 10.4. The molecule has 1 heterocycles. The second-order valence-corrected chi connectivity index (χ2v) is 4.22. The molecule has 0 spiro atoms. The highest BCUT2D eigenvalue weighted by molar-refractivity contribution is 5.98. The SMILES string of the molecule is COc1cc(OC)cc(C2CC(=O)NC(=O)C2)c1. The van der Waals surface area contributed by atoms with Crippen molar-refractivity contribution < 1.29 is 19.1 Å². The highest BCUT2D eigenvalue weighted by atomic mass is 16.5. The van der Waals surface area contributed by atoms with Crippen molar-refractivity contribution in [1.82, 2.24) is 5.32 Å². The van der Waals surface area contributed by atoms with Crippen LogP contribution in [0.1, 0.15) is 24.3 Å². The molecule has 1 saturated heterocycles. The Balaban J connectivity index is 2.31. The number of carbonyl (C=O) groups is 2. The largest absolute Gasteiger partial charge is 0.497 e. The molecule has 1 aliphatic rings. The van der Waals surface area contributed by atoms with Gasteiger partial charge in [-0.25, -0.2) is 0 Å². The third kappa shape index (κ3) is 2.61. The van der Waals surface area contributed by atoms with Crippen LogP contribution in [0.2, 0.25) is 0 Å². The van der Waals surface area contributed by atoms with Crippen LogP contribution in [-0.4, -0.2) is 26.0 Å². The molecule has 1 aromatic carbocycles. The van der Waals surface area contributed by atoms with Gasteiger partial charge in [0.2, 0.25) is 11.8 Å². The molecule has 1 aromatic rings. The lowest BCUT2D eigenvalue weighted by Crippen LogP contribution is -2.37. The van der Waals surface area contributed by atoms with Crippen molar-refractivity contribution in [3.63, 3.8) is 0 Å². The van der Waals surface area contributed by atoms with Gasteiger partial charge < -0.3 is 9.47 Å². The molecular formula is C13H15NO4. The van der Waals surface area contributed by atoms with E-state index in [-0.39, 0.29) is 17.7 Å². The van der Waals surface area contributed by atoms with E-state index in [1.807, 2.05) is 12.1 Å². The van der Waals surface area contributed by atoms with Crippen molar-refractivity contribution in [2.75, 3.05) is 14.2 Å². The lowest BCUT2D eigenvalue weighted by atomic mass is 9.89. The van der Waals surface area contributed by atoms with Crippen LogP contribution in [-0.2, 0) is 9.59 Å². The van der Waals surface area contributed by atoms with E-state index in [0.717, 1.165) is 5.56 Å². The third-order valence-electron chi connectivity index (χ3n) is 2.99. The van der Waals surface area contributed by atoms with Crippen molar-refractivity contribution >= 4 is 11.8 Å². The monoisotopic (exact) mass is 249 g/mol. The number of benzene rings is 1. The van der Waals surface area contributed by atoms with Crippen molar-refractivity contribution in [2.24, 2.45) is 0 Å². The lowest BCUT2D eigenvalue weighted by molar-refractivity contribution is -0.133. The van der Waals surface area contributed by atoms with Gasteiger partial charge in [-0.1, -0.05) is 0 Å². The first kappa shape index (κ1) is 12.4. The Hall–Kier alpha value is -2.04. The molecule has 2 rings (SSSR count). The molecule has 0 saturated carbocycles. The highest BCUT2D eigenvalue weighted by Crippen LogP contribution is 2.32. The van der Waals surface area contributed by atoms with Crippen molar-refractivity contribution in [3.8, 4) is 11.5 Å². The number of imide groups is 1. The smallest absolute Gasteiger partial charge is 0.227 e. The number of hydrogen-bond acceptors (Lipinski definition) is 4.